The molecule has 94 valence electrons. The van der Waals surface area contributed by atoms with Crippen molar-refractivity contribution in [3.63, 3.8) is 0 Å². The minimum atomic E-state index is 0.305. The maximum atomic E-state index is 12.5. The van der Waals surface area contributed by atoms with Gasteiger partial charge in [-0.1, -0.05) is 18.9 Å². The van der Waals surface area contributed by atoms with Gasteiger partial charge in [0.25, 0.3) is 0 Å². The molecular formula is C15H23NO. The number of ketones is 1. The SMILES string of the molecule is O=C(C1=CCCCCCC1)C1CC2CCC1N2. The van der Waals surface area contributed by atoms with E-state index in [4.69, 9.17) is 0 Å². The summed E-state index contributed by atoms with van der Waals surface area (Å²) in [6.45, 7) is 0. The predicted molar refractivity (Wildman–Crippen MR) is 68.8 cm³/mol. The van der Waals surface area contributed by atoms with Crippen LogP contribution in [0.25, 0.3) is 0 Å². The molecule has 0 saturated carbocycles. The highest BCUT2D eigenvalue weighted by atomic mass is 16.1. The van der Waals surface area contributed by atoms with Gasteiger partial charge in [-0.2, -0.15) is 0 Å². The molecule has 2 nitrogen and oxygen atoms in total. The zero-order valence-electron chi connectivity index (χ0n) is 10.6. The molecule has 0 aromatic carbocycles. The highest BCUT2D eigenvalue weighted by Crippen LogP contribution is 2.36. The minimum Gasteiger partial charge on any atom is -0.310 e. The van der Waals surface area contributed by atoms with Crippen molar-refractivity contribution in [2.45, 2.75) is 69.9 Å². The molecule has 0 aromatic heterocycles. The molecule has 3 aliphatic rings. The minimum absolute atomic E-state index is 0.305. The summed E-state index contributed by atoms with van der Waals surface area (Å²) in [5.74, 6) is 0.783. The fourth-order valence-corrected chi connectivity index (χ4v) is 3.77. The van der Waals surface area contributed by atoms with Gasteiger partial charge in [-0.25, -0.2) is 0 Å². The van der Waals surface area contributed by atoms with Crippen LogP contribution < -0.4 is 5.32 Å². The third kappa shape index (κ3) is 2.33. The Labute approximate surface area is 104 Å². The second-order valence-electron chi connectivity index (χ2n) is 5.94. The average molecular weight is 233 g/mol. The fourth-order valence-electron chi connectivity index (χ4n) is 3.77. The molecule has 17 heavy (non-hydrogen) atoms. The summed E-state index contributed by atoms with van der Waals surface area (Å²) >= 11 is 0. The van der Waals surface area contributed by atoms with E-state index in [1.54, 1.807) is 0 Å². The van der Waals surface area contributed by atoms with Crippen molar-refractivity contribution in [3.05, 3.63) is 11.6 Å². The maximum absolute atomic E-state index is 12.5. The molecule has 2 heterocycles. The third-order valence-electron chi connectivity index (χ3n) is 4.74. The molecule has 0 aromatic rings. The Kier molecular flexibility index (Phi) is 3.32. The van der Waals surface area contributed by atoms with Gasteiger partial charge in [0.2, 0.25) is 0 Å². The average Bonchev–Trinajstić information content (AvgIpc) is 2.89. The van der Waals surface area contributed by atoms with Gasteiger partial charge >= 0.3 is 0 Å². The van der Waals surface area contributed by atoms with Crippen LogP contribution in [0.1, 0.15) is 57.8 Å². The molecule has 0 radical (unpaired) electrons. The summed E-state index contributed by atoms with van der Waals surface area (Å²) in [6.07, 6.45) is 13.1. The summed E-state index contributed by atoms with van der Waals surface area (Å²) in [5.41, 5.74) is 1.16. The van der Waals surface area contributed by atoms with Crippen LogP contribution in [0.5, 0.6) is 0 Å². The molecule has 3 atom stereocenters. The predicted octanol–water partition coefficient (Wildman–Crippen LogP) is 2.98. The molecule has 2 saturated heterocycles. The van der Waals surface area contributed by atoms with Gasteiger partial charge in [0, 0.05) is 18.0 Å². The number of fused-ring (bicyclic) bond motifs is 2. The van der Waals surface area contributed by atoms with Crippen LogP contribution in [0.2, 0.25) is 0 Å². The molecule has 1 aliphatic carbocycles. The van der Waals surface area contributed by atoms with E-state index >= 15 is 0 Å². The van der Waals surface area contributed by atoms with Crippen LogP contribution >= 0.6 is 0 Å². The van der Waals surface area contributed by atoms with Gasteiger partial charge in [-0.15, -0.1) is 0 Å². The number of hydrogen-bond donors (Lipinski definition) is 1. The molecule has 0 spiro atoms. The first-order valence-electron chi connectivity index (χ1n) is 7.34. The van der Waals surface area contributed by atoms with Crippen molar-refractivity contribution in [3.8, 4) is 0 Å². The van der Waals surface area contributed by atoms with Gasteiger partial charge in [0.15, 0.2) is 5.78 Å². The van der Waals surface area contributed by atoms with Crippen molar-refractivity contribution in [2.75, 3.05) is 0 Å². The lowest BCUT2D eigenvalue weighted by atomic mass is 9.81. The number of rotatable bonds is 2. The van der Waals surface area contributed by atoms with Crippen molar-refractivity contribution >= 4 is 5.78 Å². The molecule has 3 rings (SSSR count). The smallest absolute Gasteiger partial charge is 0.163 e. The Balaban J connectivity index is 1.68. The first-order chi connectivity index (χ1) is 8.34. The standard InChI is InChI=1S/C15H23NO/c17-15(11-6-4-2-1-3-5-7-11)13-10-12-8-9-14(13)16-12/h6,12-14,16H,1-5,7-10H2. The van der Waals surface area contributed by atoms with E-state index in [0.717, 1.165) is 24.8 Å². The van der Waals surface area contributed by atoms with Gasteiger partial charge < -0.3 is 5.32 Å². The zero-order valence-corrected chi connectivity index (χ0v) is 10.6. The van der Waals surface area contributed by atoms with Crippen LogP contribution in [-0.2, 0) is 4.79 Å². The normalized spacial score (nSPS) is 37.4. The monoisotopic (exact) mass is 233 g/mol. The van der Waals surface area contributed by atoms with Crippen molar-refractivity contribution in [2.24, 2.45) is 5.92 Å². The van der Waals surface area contributed by atoms with E-state index in [-0.39, 0.29) is 0 Å². The highest BCUT2D eigenvalue weighted by Gasteiger charge is 2.43. The van der Waals surface area contributed by atoms with Crippen molar-refractivity contribution < 1.29 is 4.79 Å². The molecule has 0 amide bonds. The number of hydrogen-bond acceptors (Lipinski definition) is 2. The van der Waals surface area contributed by atoms with Gasteiger partial charge in [0.1, 0.15) is 0 Å². The van der Waals surface area contributed by atoms with Crippen molar-refractivity contribution in [1.29, 1.82) is 0 Å². The summed E-state index contributed by atoms with van der Waals surface area (Å²) < 4.78 is 0. The molecule has 3 unspecified atom stereocenters. The Morgan fingerprint density at radius 2 is 2.06 bits per heavy atom. The summed E-state index contributed by atoms with van der Waals surface area (Å²) in [4.78, 5) is 12.5. The molecule has 2 aliphatic heterocycles. The number of allylic oxidation sites excluding steroid dienone is 2. The van der Waals surface area contributed by atoms with E-state index in [9.17, 15) is 4.79 Å². The fraction of sp³-hybridized carbons (Fsp3) is 0.800. The lowest BCUT2D eigenvalue weighted by Crippen LogP contribution is -2.29. The van der Waals surface area contributed by atoms with Crippen LogP contribution in [-0.4, -0.2) is 17.9 Å². The highest BCUT2D eigenvalue weighted by molar-refractivity contribution is 5.98. The summed E-state index contributed by atoms with van der Waals surface area (Å²) in [5, 5.41) is 3.58. The molecule has 1 N–H and O–H groups in total. The first kappa shape index (κ1) is 11.5. The van der Waals surface area contributed by atoms with Crippen LogP contribution in [0.3, 0.4) is 0 Å². The number of carbonyl (C=O) groups excluding carboxylic acids is 1. The maximum Gasteiger partial charge on any atom is 0.163 e. The number of nitrogens with one attached hydrogen (secondary N) is 1. The summed E-state index contributed by atoms with van der Waals surface area (Å²) in [6, 6.07) is 1.14. The lowest BCUT2D eigenvalue weighted by molar-refractivity contribution is -0.119. The van der Waals surface area contributed by atoms with E-state index in [0.29, 0.717) is 23.8 Å². The Bertz CT molecular complexity index is 334. The quantitative estimate of drug-likeness (QED) is 0.794. The first-order valence-corrected chi connectivity index (χ1v) is 7.34. The van der Waals surface area contributed by atoms with Gasteiger partial charge in [-0.05, 0) is 50.5 Å². The lowest BCUT2D eigenvalue weighted by Gasteiger charge is -2.21. The topological polar surface area (TPSA) is 29.1 Å². The Hall–Kier alpha value is -0.630. The largest absolute Gasteiger partial charge is 0.310 e. The zero-order chi connectivity index (χ0) is 11.7. The second kappa shape index (κ2) is 4.93. The third-order valence-corrected chi connectivity index (χ3v) is 4.74. The van der Waals surface area contributed by atoms with Crippen LogP contribution in [0.15, 0.2) is 11.6 Å². The van der Waals surface area contributed by atoms with Crippen LogP contribution in [0.4, 0.5) is 0 Å². The Morgan fingerprint density at radius 3 is 2.82 bits per heavy atom. The van der Waals surface area contributed by atoms with Crippen LogP contribution in [0, 0.1) is 5.92 Å². The van der Waals surface area contributed by atoms with Gasteiger partial charge in [-0.3, -0.25) is 4.79 Å². The molecule has 2 heteroatoms. The summed E-state index contributed by atoms with van der Waals surface area (Å²) in [7, 11) is 0. The molecule has 2 fully saturated rings. The van der Waals surface area contributed by atoms with E-state index in [1.165, 1.54) is 38.5 Å². The van der Waals surface area contributed by atoms with Crippen molar-refractivity contribution in [1.82, 2.24) is 5.32 Å². The number of Topliss-reactive ketones (excluding diaryl/α,β-unsaturated/α-hetero) is 1. The second-order valence-corrected chi connectivity index (χ2v) is 5.94. The van der Waals surface area contributed by atoms with Gasteiger partial charge in [0.05, 0.1) is 0 Å². The molecular weight excluding hydrogens is 210 g/mol. The molecule has 2 bridgehead atoms. The Morgan fingerprint density at radius 1 is 1.18 bits per heavy atom. The van der Waals surface area contributed by atoms with E-state index in [1.807, 2.05) is 0 Å². The number of carbonyl (C=O) groups is 1. The van der Waals surface area contributed by atoms with E-state index in [2.05, 4.69) is 11.4 Å². The van der Waals surface area contributed by atoms with E-state index < -0.39 is 0 Å².